The molecule has 103 heavy (non-hydrogen) atoms. The van der Waals surface area contributed by atoms with Gasteiger partial charge in [-0.05, 0) is 101 Å². The Morgan fingerprint density at radius 2 is 0.786 bits per heavy atom. The average Bonchev–Trinajstić information content (AvgIpc) is 1.69. The van der Waals surface area contributed by atoms with Crippen molar-refractivity contribution < 1.29 is 148 Å². The molecule has 9 saturated heterocycles. The van der Waals surface area contributed by atoms with Crippen LogP contribution in [0.4, 0.5) is 13.2 Å². The number of aliphatic hydroxyl groups is 11. The van der Waals surface area contributed by atoms with Crippen molar-refractivity contribution in [3.05, 3.63) is 71.8 Å². The molecule has 0 saturated carbocycles. The van der Waals surface area contributed by atoms with Crippen molar-refractivity contribution in [2.75, 3.05) is 53.4 Å². The van der Waals surface area contributed by atoms with E-state index in [0.29, 0.717) is 32.3 Å². The van der Waals surface area contributed by atoms with Crippen molar-refractivity contribution in [2.45, 2.75) is 300 Å². The van der Waals surface area contributed by atoms with E-state index in [1.807, 2.05) is 113 Å². The molecule has 600 valence electrons. The van der Waals surface area contributed by atoms with Crippen LogP contribution in [0, 0.1) is 23.7 Å². The van der Waals surface area contributed by atoms with Gasteiger partial charge in [0.2, 0.25) is 0 Å². The number of halogens is 3. The third-order valence-electron chi connectivity index (χ3n) is 19.0. The molecule has 0 aromatic heterocycles. The number of fused-ring (bicyclic) bond motifs is 2. The summed E-state index contributed by atoms with van der Waals surface area (Å²) in [5.41, 5.74) is -3.49. The van der Waals surface area contributed by atoms with Gasteiger partial charge >= 0.3 is 15.6 Å². The molecule has 9 aliphatic rings. The van der Waals surface area contributed by atoms with E-state index in [1.54, 1.807) is 52.1 Å². The molecular weight excluding hydrogens is 1390 g/mol. The van der Waals surface area contributed by atoms with Crippen LogP contribution in [0.5, 0.6) is 0 Å². The van der Waals surface area contributed by atoms with Crippen LogP contribution in [0.1, 0.15) is 129 Å². The van der Waals surface area contributed by atoms with Crippen LogP contribution in [0.25, 0.3) is 0 Å². The molecule has 11 rings (SSSR count). The van der Waals surface area contributed by atoms with E-state index in [-0.39, 0.29) is 117 Å². The molecule has 11 N–H and O–H groups in total. The second-order valence-electron chi connectivity index (χ2n) is 29.3. The van der Waals surface area contributed by atoms with Crippen LogP contribution in [-0.2, 0) is 93.8 Å². The second-order valence-corrected chi connectivity index (χ2v) is 30.8. The zero-order chi connectivity index (χ0) is 77.9. The summed E-state index contributed by atoms with van der Waals surface area (Å²) in [5, 5.41) is 100. The fraction of sp³-hybridized carbons (Fsp3) is 0.831. The molecule has 0 spiro atoms. The lowest BCUT2D eigenvalue weighted by Gasteiger charge is -2.39. The van der Waals surface area contributed by atoms with E-state index in [4.69, 9.17) is 102 Å². The number of hydrogen-bond acceptors (Lipinski definition) is 28. The molecule has 0 aliphatic carbocycles. The predicted molar refractivity (Wildman–Crippen MR) is 365 cm³/mol. The predicted octanol–water partition coefficient (Wildman–Crippen LogP) is 3.80. The van der Waals surface area contributed by atoms with Gasteiger partial charge in [0.25, 0.3) is 0 Å². The molecule has 9 heterocycles. The summed E-state index contributed by atoms with van der Waals surface area (Å²) in [6.45, 7) is 34.9. The highest BCUT2D eigenvalue weighted by atomic mass is 32.2. The zero-order valence-electron chi connectivity index (χ0n) is 62.7. The van der Waals surface area contributed by atoms with Crippen LogP contribution < -0.4 is 0 Å². The third kappa shape index (κ3) is 29.2. The van der Waals surface area contributed by atoms with E-state index in [0.717, 1.165) is 11.1 Å². The lowest BCUT2D eigenvalue weighted by atomic mass is 9.92. The first-order chi connectivity index (χ1) is 47.7. The van der Waals surface area contributed by atoms with Gasteiger partial charge in [-0.2, -0.15) is 21.6 Å². The Morgan fingerprint density at radius 1 is 0.427 bits per heavy atom. The molecule has 0 radical (unpaired) electrons. The summed E-state index contributed by atoms with van der Waals surface area (Å²) in [6, 6.07) is 19.1. The van der Waals surface area contributed by atoms with E-state index < -0.39 is 113 Å². The highest BCUT2D eigenvalue weighted by Crippen LogP contribution is 2.38. The summed E-state index contributed by atoms with van der Waals surface area (Å²) < 4.78 is 140. The van der Waals surface area contributed by atoms with Crippen LogP contribution in [0.15, 0.2) is 60.7 Å². The van der Waals surface area contributed by atoms with Gasteiger partial charge in [0.15, 0.2) is 17.9 Å². The number of alkyl halides is 3. The average molecular weight is 1510 g/mol. The minimum absolute atomic E-state index is 0.0312. The molecule has 9 fully saturated rings. The van der Waals surface area contributed by atoms with E-state index in [1.165, 1.54) is 0 Å². The van der Waals surface area contributed by atoms with Gasteiger partial charge in [0, 0.05) is 30.8 Å². The summed E-state index contributed by atoms with van der Waals surface area (Å²) >= 11 is 0. The normalized spacial score (nSPS) is 39.6. The Hall–Kier alpha value is -2.86. The van der Waals surface area contributed by atoms with Gasteiger partial charge in [-0.25, -0.2) is 0 Å². The van der Waals surface area contributed by atoms with Crippen molar-refractivity contribution in [1.82, 2.24) is 0 Å². The van der Waals surface area contributed by atoms with Crippen LogP contribution >= 0.6 is 0 Å². The molecule has 28 nitrogen and oxygen atoms in total. The van der Waals surface area contributed by atoms with Crippen molar-refractivity contribution in [3.8, 4) is 0 Å². The fourth-order valence-corrected chi connectivity index (χ4v) is 12.0. The zero-order valence-corrected chi connectivity index (χ0v) is 63.5. The molecule has 0 amide bonds. The van der Waals surface area contributed by atoms with Crippen molar-refractivity contribution in [2.24, 2.45) is 23.7 Å². The molecule has 2 aromatic rings. The first-order valence-corrected chi connectivity index (χ1v) is 36.5. The summed E-state index contributed by atoms with van der Waals surface area (Å²) in [5.74, 6) is -0.705. The minimum atomic E-state index is -5.71. The highest BCUT2D eigenvalue weighted by molar-refractivity contribution is 7.87. The number of rotatable bonds is 8. The van der Waals surface area contributed by atoms with E-state index >= 15 is 0 Å². The maximum absolute atomic E-state index is 12.5. The van der Waals surface area contributed by atoms with E-state index in [9.17, 15) is 36.9 Å². The highest BCUT2D eigenvalue weighted by Gasteiger charge is 2.53. The van der Waals surface area contributed by atoms with Gasteiger partial charge in [-0.3, -0.25) is 4.18 Å². The quantitative estimate of drug-likeness (QED) is 0.132. The maximum atomic E-state index is 12.5. The lowest BCUT2D eigenvalue weighted by molar-refractivity contribution is -0.252. The number of hydrogen-bond donors (Lipinski definition) is 11. The van der Waals surface area contributed by atoms with Gasteiger partial charge in [0.05, 0.1) is 126 Å². The van der Waals surface area contributed by atoms with Crippen LogP contribution in [0.3, 0.4) is 0 Å². The lowest BCUT2D eigenvalue weighted by Crippen LogP contribution is -2.52. The molecule has 2 aromatic carbocycles. The van der Waals surface area contributed by atoms with Gasteiger partial charge < -0.3 is 122 Å². The monoisotopic (exact) mass is 1510 g/mol. The SMILES string of the molecule is COC(C)(C)C.C[C@@H]1OC[C@@H](O)[C@@H](O)[C@@H]1O.C[C@@H]1OC[C@H]2OC(C)(C)O[C@H]2[C@@H]1O.C[C@H]1[C@@H]2OC(C)(C)O[C@@H]2CO[C@H]1C.C[C@H]1[C@H](O)[C@H](O)CO[C@H]1C.C[C@H]1[C@H](OCc2ccccc2)[C@H](O)CO[C@H]1C.C[C@H]1[C@H](OCc2ccccc2)[C@H](OS(=O)(=O)C(F)(F)F)CO[C@H]1C.OC1OC[C@@H](O)[C@@H](O)[C@@H]1O. The van der Waals surface area contributed by atoms with Crippen molar-refractivity contribution >= 4 is 10.1 Å². The Labute approximate surface area is 605 Å². The van der Waals surface area contributed by atoms with Gasteiger partial charge in [-0.1, -0.05) is 88.4 Å². The van der Waals surface area contributed by atoms with Crippen molar-refractivity contribution in [3.63, 3.8) is 0 Å². The van der Waals surface area contributed by atoms with Crippen LogP contribution in [0.2, 0.25) is 0 Å². The molecule has 32 heteroatoms. The molecule has 28 atom stereocenters. The third-order valence-corrected chi connectivity index (χ3v) is 20.1. The van der Waals surface area contributed by atoms with Crippen molar-refractivity contribution in [1.29, 1.82) is 0 Å². The number of aliphatic hydroxyl groups excluding tert-OH is 11. The first kappa shape index (κ1) is 92.5. The van der Waals surface area contributed by atoms with Gasteiger partial charge in [0.1, 0.15) is 79.4 Å². The first-order valence-electron chi connectivity index (χ1n) is 35.1. The molecule has 9 aliphatic heterocycles. The maximum Gasteiger partial charge on any atom is 0.523 e. The molecular formula is C71H121F3O28S. The Kier molecular flexibility index (Phi) is 37.5. The Balaban J connectivity index is 0.000000257. The number of benzene rings is 2. The number of methoxy groups -OCH3 is 1. The topological polar surface area (TPSA) is 395 Å². The standard InChI is InChI=1S/C15H19F3O5S.C14H20O3.C10H18O3.C9H16O4.C7H14O3.C6H12O4.C5H10O5.C5H12O/c1-10-11(2)21-9-13(23-24(19,20)15(16,17)18)14(10)22-8-12-6-4-3-5-7-12;1-10-11(2)16-9-13(15)14(10)17-8-12-6-4-3-5-7-12;1-6-7(2)11-5-8-9(6)13-10(3,4)12-8;1-5-7(10)8-6(4-11-5)12-9(2,3)13-8;1-4-5(2)10-3-6(8)7(4)9;1-3-5(8)6(9)4(7)2-10-3;6-2-1-10-5(9)4(8)3(2)7;1-5(2,3)6-4/h3-7,10-11,13-14H,8-9H2,1-2H3;3-7,10-11,13-15H,8-9H2,1-2H3;6-9H,5H2,1-4H3;5-8,10H,4H2,1-3H3;4-9H,3H2,1-2H3;3-9H,2H2,1H3;2-9H,1H2;1-4H3/t2*10-,11+,13-,14+;6-,7+,8-,9+;5-,6+,7+,8+;4-,5+,6-,7+;3-,4+,5+,6+;2-,3-,4+,5?;/m1110101./s1. The molecule has 0 bridgehead atoms. The summed E-state index contributed by atoms with van der Waals surface area (Å²) in [6.07, 6.45) is -13.4. The number of ether oxygens (including phenoxy) is 14. The van der Waals surface area contributed by atoms with Crippen LogP contribution in [-0.4, -0.2) is 287 Å². The smallest absolute Gasteiger partial charge is 0.390 e. The summed E-state index contributed by atoms with van der Waals surface area (Å²) in [7, 11) is -4.01. The fourth-order valence-electron chi connectivity index (χ4n) is 11.4. The summed E-state index contributed by atoms with van der Waals surface area (Å²) in [4.78, 5) is 0. The van der Waals surface area contributed by atoms with E-state index in [2.05, 4.69) is 29.7 Å². The second kappa shape index (κ2) is 41.8. The van der Waals surface area contributed by atoms with Gasteiger partial charge in [-0.15, -0.1) is 0 Å². The largest absolute Gasteiger partial charge is 0.523 e. The minimum Gasteiger partial charge on any atom is -0.390 e. The Morgan fingerprint density at radius 3 is 1.24 bits per heavy atom. The molecule has 1 unspecified atom stereocenters. The Bertz CT molecular complexity index is 2630.